The van der Waals surface area contributed by atoms with Gasteiger partial charge in [0.25, 0.3) is 0 Å². The second kappa shape index (κ2) is 2.10. The first kappa shape index (κ1) is 6.25. The number of H-pyrrole nitrogens is 1. The molecule has 0 aromatic carbocycles. The van der Waals surface area contributed by atoms with Crippen LogP contribution in [-0.4, -0.2) is 21.1 Å². The number of aromatic nitrogens is 3. The molecule has 0 radical (unpaired) electrons. The fourth-order valence-corrected chi connectivity index (χ4v) is 1.77. The molecule has 1 aliphatic heterocycles. The first-order valence-corrected chi connectivity index (χ1v) is 4.18. The highest BCUT2D eigenvalue weighted by Crippen LogP contribution is 2.16. The Morgan fingerprint density at radius 1 is 1.42 bits per heavy atom. The molecule has 0 unspecified atom stereocenters. The molecule has 3 rings (SSSR count). The molecule has 62 valence electrons. The van der Waals surface area contributed by atoms with Gasteiger partial charge in [0.1, 0.15) is 11.3 Å². The summed E-state index contributed by atoms with van der Waals surface area (Å²) in [6.45, 7) is 2.97. The highest BCUT2D eigenvalue weighted by molar-refractivity contribution is 5.75. The van der Waals surface area contributed by atoms with E-state index in [2.05, 4.69) is 19.9 Å². The van der Waals surface area contributed by atoms with Crippen LogP contribution in [0.3, 0.4) is 0 Å². The van der Waals surface area contributed by atoms with Crippen molar-refractivity contribution >= 4 is 11.0 Å². The Morgan fingerprint density at radius 3 is 3.42 bits per heavy atom. The zero-order chi connectivity index (χ0) is 7.97. The van der Waals surface area contributed by atoms with E-state index in [1.54, 1.807) is 0 Å². The van der Waals surface area contributed by atoms with Crippen LogP contribution in [0.1, 0.15) is 5.82 Å². The smallest absolute Gasteiger partial charge is 0.124 e. The van der Waals surface area contributed by atoms with Crippen LogP contribution in [0, 0.1) is 0 Å². The van der Waals surface area contributed by atoms with Crippen LogP contribution in [0.2, 0.25) is 0 Å². The molecule has 3 heterocycles. The summed E-state index contributed by atoms with van der Waals surface area (Å²) in [6, 6.07) is 0. The maximum absolute atomic E-state index is 4.48. The van der Waals surface area contributed by atoms with E-state index in [-0.39, 0.29) is 0 Å². The van der Waals surface area contributed by atoms with Crippen LogP contribution in [-0.2, 0) is 13.1 Å². The number of hydrogen-bond donors (Lipinski definition) is 2. The van der Waals surface area contributed by atoms with Gasteiger partial charge in [0.2, 0.25) is 0 Å². The normalized spacial score (nSPS) is 16.7. The van der Waals surface area contributed by atoms with Gasteiger partial charge in [0, 0.05) is 25.5 Å². The Balaban J connectivity index is 2.34. The van der Waals surface area contributed by atoms with Crippen LogP contribution in [0.5, 0.6) is 0 Å². The molecule has 0 spiro atoms. The fraction of sp³-hybridized carbons (Fsp3) is 0.375. The molecule has 0 aliphatic carbocycles. The number of rotatable bonds is 0. The number of hydrogen-bond acceptors (Lipinski definition) is 2. The van der Waals surface area contributed by atoms with Crippen molar-refractivity contribution in [3.63, 3.8) is 0 Å². The molecule has 0 saturated heterocycles. The van der Waals surface area contributed by atoms with Gasteiger partial charge >= 0.3 is 0 Å². The molecule has 2 aromatic rings. The maximum atomic E-state index is 4.48. The molecule has 0 bridgehead atoms. The van der Waals surface area contributed by atoms with Crippen molar-refractivity contribution in [2.45, 2.75) is 13.1 Å². The van der Waals surface area contributed by atoms with Gasteiger partial charge in [-0.3, -0.25) is 0 Å². The highest BCUT2D eigenvalue weighted by Gasteiger charge is 2.13. The molecule has 1 aliphatic rings. The van der Waals surface area contributed by atoms with E-state index in [0.29, 0.717) is 0 Å². The van der Waals surface area contributed by atoms with Crippen molar-refractivity contribution in [2.75, 3.05) is 6.54 Å². The number of fused-ring (bicyclic) bond motifs is 3. The van der Waals surface area contributed by atoms with Gasteiger partial charge < -0.3 is 14.9 Å². The van der Waals surface area contributed by atoms with E-state index in [1.165, 1.54) is 5.52 Å². The van der Waals surface area contributed by atoms with Gasteiger partial charge in [-0.1, -0.05) is 0 Å². The van der Waals surface area contributed by atoms with E-state index in [0.717, 1.165) is 31.0 Å². The first-order valence-electron chi connectivity index (χ1n) is 4.18. The van der Waals surface area contributed by atoms with E-state index >= 15 is 0 Å². The summed E-state index contributed by atoms with van der Waals surface area (Å²) < 4.78 is 2.27. The number of imidazole rings is 1. The van der Waals surface area contributed by atoms with Gasteiger partial charge in [-0.2, -0.15) is 0 Å². The molecule has 12 heavy (non-hydrogen) atoms. The van der Waals surface area contributed by atoms with Crippen LogP contribution in [0.4, 0.5) is 0 Å². The lowest BCUT2D eigenvalue weighted by molar-refractivity contribution is 0.514. The second-order valence-electron chi connectivity index (χ2n) is 3.08. The quantitative estimate of drug-likeness (QED) is 0.591. The van der Waals surface area contributed by atoms with Crippen LogP contribution in [0.25, 0.3) is 11.0 Å². The van der Waals surface area contributed by atoms with Gasteiger partial charge in [-0.05, 0) is 0 Å². The van der Waals surface area contributed by atoms with Gasteiger partial charge in [0.15, 0.2) is 0 Å². The van der Waals surface area contributed by atoms with E-state index in [9.17, 15) is 0 Å². The predicted octanol–water partition coefficient (Wildman–Crippen LogP) is 0.468. The Morgan fingerprint density at radius 2 is 2.42 bits per heavy atom. The lowest BCUT2D eigenvalue weighted by Gasteiger charge is -2.14. The van der Waals surface area contributed by atoms with Gasteiger partial charge in [-0.15, -0.1) is 0 Å². The van der Waals surface area contributed by atoms with Crippen LogP contribution < -0.4 is 5.32 Å². The maximum Gasteiger partial charge on any atom is 0.124 e. The number of nitrogens with one attached hydrogen (secondary N) is 2. The Hall–Kier alpha value is -1.29. The molecule has 4 heteroatoms. The molecular weight excluding hydrogens is 152 g/mol. The third kappa shape index (κ3) is 0.674. The summed E-state index contributed by atoms with van der Waals surface area (Å²) in [4.78, 5) is 7.55. The predicted molar refractivity (Wildman–Crippen MR) is 45.8 cm³/mol. The minimum Gasteiger partial charge on any atom is -0.364 e. The van der Waals surface area contributed by atoms with Gasteiger partial charge in [-0.25, -0.2) is 4.98 Å². The van der Waals surface area contributed by atoms with E-state index in [4.69, 9.17) is 0 Å². The van der Waals surface area contributed by atoms with Crippen LogP contribution >= 0.6 is 0 Å². The number of aromatic amines is 1. The lowest BCUT2D eigenvalue weighted by Crippen LogP contribution is -2.28. The molecule has 0 amide bonds. The minimum atomic E-state index is 0.898. The summed E-state index contributed by atoms with van der Waals surface area (Å²) in [5.41, 5.74) is 2.31. The molecule has 0 atom stereocenters. The highest BCUT2D eigenvalue weighted by atomic mass is 15.2. The third-order valence-corrected chi connectivity index (χ3v) is 2.35. The third-order valence-electron chi connectivity index (χ3n) is 2.35. The summed E-state index contributed by atoms with van der Waals surface area (Å²) in [5.74, 6) is 1.15. The second-order valence-corrected chi connectivity index (χ2v) is 3.08. The molecule has 0 fully saturated rings. The topological polar surface area (TPSA) is 45.6 Å². The van der Waals surface area contributed by atoms with E-state index < -0.39 is 0 Å². The first-order chi connectivity index (χ1) is 5.95. The SMILES string of the molecule is c1[nH]cc2c1nc1n2CCNC1. The number of nitrogens with zero attached hydrogens (tertiary/aromatic N) is 2. The molecule has 4 nitrogen and oxygen atoms in total. The van der Waals surface area contributed by atoms with Crippen molar-refractivity contribution in [3.05, 3.63) is 18.2 Å². The van der Waals surface area contributed by atoms with Crippen molar-refractivity contribution in [1.29, 1.82) is 0 Å². The van der Waals surface area contributed by atoms with E-state index in [1.807, 2.05) is 12.4 Å². The minimum absolute atomic E-state index is 0.898. The monoisotopic (exact) mass is 162 g/mol. The molecule has 0 saturated carbocycles. The molecule has 2 aromatic heterocycles. The Bertz CT molecular complexity index is 412. The lowest BCUT2D eigenvalue weighted by atomic mass is 10.4. The summed E-state index contributed by atoms with van der Waals surface area (Å²) in [6.07, 6.45) is 3.96. The van der Waals surface area contributed by atoms with Crippen LogP contribution in [0.15, 0.2) is 12.4 Å². The van der Waals surface area contributed by atoms with Crippen molar-refractivity contribution in [3.8, 4) is 0 Å². The molecular formula is C8H10N4. The standard InChI is InChI=1S/C8H10N4/c1-2-12-7-4-10-3-6(7)11-8(12)5-9-1/h3-4,9-10H,1-2,5H2. The summed E-state index contributed by atoms with van der Waals surface area (Å²) >= 11 is 0. The fourth-order valence-electron chi connectivity index (χ4n) is 1.77. The summed E-state index contributed by atoms with van der Waals surface area (Å²) in [7, 11) is 0. The molecule has 2 N–H and O–H groups in total. The average Bonchev–Trinajstić information content (AvgIpc) is 2.62. The average molecular weight is 162 g/mol. The zero-order valence-electron chi connectivity index (χ0n) is 6.67. The summed E-state index contributed by atoms with van der Waals surface area (Å²) in [5, 5.41) is 3.30. The largest absolute Gasteiger partial charge is 0.364 e. The van der Waals surface area contributed by atoms with Crippen molar-refractivity contribution < 1.29 is 0 Å². The van der Waals surface area contributed by atoms with Crippen molar-refractivity contribution in [1.82, 2.24) is 19.9 Å². The Labute approximate surface area is 69.6 Å². The van der Waals surface area contributed by atoms with Crippen molar-refractivity contribution in [2.24, 2.45) is 0 Å². The van der Waals surface area contributed by atoms with Gasteiger partial charge in [0.05, 0.1) is 12.1 Å². The zero-order valence-corrected chi connectivity index (χ0v) is 6.67. The Kier molecular flexibility index (Phi) is 1.10.